The zero-order valence-electron chi connectivity index (χ0n) is 36.3. The van der Waals surface area contributed by atoms with E-state index in [1.807, 2.05) is 0 Å². The van der Waals surface area contributed by atoms with Crippen LogP contribution in [0.5, 0.6) is 0 Å². The predicted molar refractivity (Wildman–Crippen MR) is 234 cm³/mol. The first-order chi connectivity index (χ1) is 25.3. The van der Waals surface area contributed by atoms with Gasteiger partial charge in [-0.25, -0.2) is 0 Å². The van der Waals surface area contributed by atoms with Crippen molar-refractivity contribution in [1.82, 2.24) is 0 Å². The Kier molecular flexibility index (Phi) is 47.9. The molecule has 0 aromatic heterocycles. The Bertz CT molecular complexity index is 539. The van der Waals surface area contributed by atoms with Gasteiger partial charge >= 0.3 is 0 Å². The van der Waals surface area contributed by atoms with Crippen molar-refractivity contribution in [3.8, 4) is 0 Å². The van der Waals surface area contributed by atoms with Gasteiger partial charge in [-0.05, 0) is 12.3 Å². The average molecular weight is 719 g/mol. The van der Waals surface area contributed by atoms with Crippen molar-refractivity contribution in [2.24, 2.45) is 5.92 Å². The van der Waals surface area contributed by atoms with E-state index in [1.54, 1.807) is 0 Å². The third-order valence-electron chi connectivity index (χ3n) is 12.2. The average Bonchev–Trinajstić information content (AvgIpc) is 3.14. The van der Waals surface area contributed by atoms with Gasteiger partial charge in [0.15, 0.2) is 0 Å². The number of rotatable bonds is 47. The van der Waals surface area contributed by atoms with Gasteiger partial charge in [0.05, 0.1) is 0 Å². The van der Waals surface area contributed by atoms with E-state index in [-0.39, 0.29) is 0 Å². The summed E-state index contributed by atoms with van der Waals surface area (Å²) in [6.45, 7) is 5.01. The van der Waals surface area contributed by atoms with Crippen LogP contribution in [0.15, 0.2) is 0 Å². The molecule has 51 heavy (non-hydrogen) atoms. The highest BCUT2D eigenvalue weighted by atomic mass is 16.2. The fourth-order valence-electron chi connectivity index (χ4n) is 8.53. The highest BCUT2D eigenvalue weighted by Crippen LogP contribution is 2.25. The lowest BCUT2D eigenvalue weighted by atomic mass is 9.89. The number of unbranched alkanes of at least 4 members (excludes halogenated alkanes) is 40. The number of hydrogen-bond acceptors (Lipinski definition) is 1. The molecule has 0 fully saturated rings. The Morgan fingerprint density at radius 1 is 0.216 bits per heavy atom. The normalized spacial score (nSPS) is 11.8. The third-order valence-corrected chi connectivity index (χ3v) is 12.2. The molecule has 0 saturated carbocycles. The van der Waals surface area contributed by atoms with Crippen LogP contribution in [0.1, 0.15) is 309 Å². The molecule has 0 aromatic rings. The number of hydrogen-bond donors (Lipinski definition) is 1. The maximum atomic E-state index is 8.88. The Morgan fingerprint density at radius 3 is 0.549 bits per heavy atom. The van der Waals surface area contributed by atoms with Crippen LogP contribution in [0, 0.1) is 5.92 Å². The van der Waals surface area contributed by atoms with Gasteiger partial charge in [0, 0.05) is 6.61 Å². The molecule has 0 saturated heterocycles. The van der Waals surface area contributed by atoms with Crippen LogP contribution in [0.4, 0.5) is 0 Å². The van der Waals surface area contributed by atoms with Gasteiger partial charge < -0.3 is 5.11 Å². The van der Waals surface area contributed by atoms with Gasteiger partial charge in [-0.1, -0.05) is 303 Å². The van der Waals surface area contributed by atoms with Gasteiger partial charge in [-0.2, -0.15) is 0 Å². The molecule has 0 atom stereocenters. The zero-order valence-corrected chi connectivity index (χ0v) is 36.3. The quantitative estimate of drug-likeness (QED) is 0.0621. The summed E-state index contributed by atoms with van der Waals surface area (Å²) in [5.74, 6) is 1.02. The van der Waals surface area contributed by atoms with Crippen LogP contribution in [0.3, 0.4) is 0 Å². The molecule has 0 rings (SSSR count). The maximum absolute atomic E-state index is 8.88. The molecule has 0 unspecified atom stereocenters. The van der Waals surface area contributed by atoms with Crippen molar-refractivity contribution < 1.29 is 5.11 Å². The maximum Gasteiger partial charge on any atom is 0.0431 e. The minimum Gasteiger partial charge on any atom is -0.396 e. The van der Waals surface area contributed by atoms with Crippen molar-refractivity contribution in [1.29, 1.82) is 0 Å². The summed E-state index contributed by atoms with van der Waals surface area (Å²) in [5.41, 5.74) is 0. The number of aliphatic hydroxyl groups is 1. The van der Waals surface area contributed by atoms with Crippen molar-refractivity contribution >= 4 is 0 Å². The van der Waals surface area contributed by atoms with Gasteiger partial charge in [0.1, 0.15) is 0 Å². The van der Waals surface area contributed by atoms with E-state index in [0.29, 0.717) is 6.61 Å². The largest absolute Gasteiger partial charge is 0.396 e. The zero-order chi connectivity index (χ0) is 36.8. The molecule has 1 heteroatoms. The fourth-order valence-corrected chi connectivity index (χ4v) is 8.53. The smallest absolute Gasteiger partial charge is 0.0431 e. The molecule has 0 amide bonds. The van der Waals surface area contributed by atoms with Crippen LogP contribution >= 0.6 is 0 Å². The summed E-state index contributed by atoms with van der Waals surface area (Å²) >= 11 is 0. The van der Waals surface area contributed by atoms with Crippen LogP contribution in [0.25, 0.3) is 0 Å². The summed E-state index contributed by atoms with van der Waals surface area (Å²) in [6, 6.07) is 0. The monoisotopic (exact) mass is 719 g/mol. The van der Waals surface area contributed by atoms with Gasteiger partial charge in [-0.15, -0.1) is 0 Å². The Balaban J connectivity index is 3.93. The van der Waals surface area contributed by atoms with Crippen LogP contribution in [-0.2, 0) is 0 Å². The summed E-state index contributed by atoms with van der Waals surface area (Å²) in [4.78, 5) is 0. The topological polar surface area (TPSA) is 20.2 Å². The van der Waals surface area contributed by atoms with Crippen molar-refractivity contribution in [2.75, 3.05) is 6.61 Å². The van der Waals surface area contributed by atoms with E-state index in [2.05, 4.69) is 13.8 Å². The molecule has 0 aromatic carbocycles. The van der Waals surface area contributed by atoms with Crippen molar-refractivity contribution in [2.45, 2.75) is 309 Å². The molecular weight excluding hydrogens is 617 g/mol. The minimum atomic E-state index is 0.375. The second kappa shape index (κ2) is 48.0. The Labute approximate surface area is 325 Å². The molecule has 0 heterocycles. The first-order valence-corrected chi connectivity index (χ1v) is 25.0. The predicted octanol–water partition coefficient (Wildman–Crippen LogP) is 18.6. The molecule has 0 bridgehead atoms. The highest BCUT2D eigenvalue weighted by Gasteiger charge is 2.09. The summed E-state index contributed by atoms with van der Waals surface area (Å²) in [6.07, 6.45) is 66.9. The molecule has 0 aliphatic heterocycles. The Hall–Kier alpha value is -0.0400. The fraction of sp³-hybridized carbons (Fsp3) is 1.00. The highest BCUT2D eigenvalue weighted by molar-refractivity contribution is 4.63. The summed E-state index contributed by atoms with van der Waals surface area (Å²) in [7, 11) is 0. The molecule has 0 radical (unpaired) electrons. The molecule has 0 aliphatic carbocycles. The van der Waals surface area contributed by atoms with E-state index in [4.69, 9.17) is 5.11 Å². The minimum absolute atomic E-state index is 0.375. The van der Waals surface area contributed by atoms with Crippen molar-refractivity contribution in [3.63, 3.8) is 0 Å². The lowest BCUT2D eigenvalue weighted by Gasteiger charge is -2.17. The molecular formula is C50H102O. The van der Waals surface area contributed by atoms with E-state index in [9.17, 15) is 0 Å². The lowest BCUT2D eigenvalue weighted by molar-refractivity contribution is 0.282. The van der Waals surface area contributed by atoms with Crippen molar-refractivity contribution in [3.05, 3.63) is 0 Å². The van der Waals surface area contributed by atoms with E-state index < -0.39 is 0 Å². The Morgan fingerprint density at radius 2 is 0.373 bits per heavy atom. The summed E-state index contributed by atoms with van der Waals surface area (Å²) in [5, 5.41) is 8.88. The van der Waals surface area contributed by atoms with Gasteiger partial charge in [0.25, 0.3) is 0 Å². The third kappa shape index (κ3) is 46.0. The van der Waals surface area contributed by atoms with Crippen LogP contribution < -0.4 is 0 Å². The number of aliphatic hydroxyl groups excluding tert-OH is 1. The SMILES string of the molecule is CCCCCCCCCCCCCCCCC(CCCCCCCCCCCCCCCC)CCCCCCCCCCCCCCCCCO. The van der Waals surface area contributed by atoms with Crippen LogP contribution in [0.2, 0.25) is 0 Å². The summed E-state index contributed by atoms with van der Waals surface area (Å²) < 4.78 is 0. The van der Waals surface area contributed by atoms with Gasteiger partial charge in [0.2, 0.25) is 0 Å². The second-order valence-corrected chi connectivity index (χ2v) is 17.5. The van der Waals surface area contributed by atoms with E-state index in [0.717, 1.165) is 12.3 Å². The molecule has 1 N–H and O–H groups in total. The first-order valence-electron chi connectivity index (χ1n) is 25.0. The van der Waals surface area contributed by atoms with Gasteiger partial charge in [-0.3, -0.25) is 0 Å². The molecule has 308 valence electrons. The van der Waals surface area contributed by atoms with E-state index in [1.165, 1.54) is 289 Å². The second-order valence-electron chi connectivity index (χ2n) is 17.5. The first kappa shape index (κ1) is 51.0. The molecule has 1 nitrogen and oxygen atoms in total. The molecule has 0 aliphatic rings. The standard InChI is InChI=1S/C50H102O/c1-3-5-7-9-11-13-15-17-22-26-30-34-38-42-46-50(47-43-39-35-31-27-23-18-16-14-12-10-8-6-4-2)48-44-40-36-32-28-24-20-19-21-25-29-33-37-41-45-49-51/h50-51H,3-49H2,1-2H3. The van der Waals surface area contributed by atoms with Crippen LogP contribution in [-0.4, -0.2) is 11.7 Å². The lowest BCUT2D eigenvalue weighted by Crippen LogP contribution is -2.01. The molecule has 0 spiro atoms. The van der Waals surface area contributed by atoms with E-state index >= 15 is 0 Å².